The van der Waals surface area contributed by atoms with Gasteiger partial charge in [0.05, 0.1) is 25.9 Å². The van der Waals surface area contributed by atoms with E-state index in [-0.39, 0.29) is 18.1 Å². The molecule has 0 saturated carbocycles. The maximum atomic E-state index is 14.1. The molecule has 4 rings (SSSR count). The second kappa shape index (κ2) is 17.5. The number of alkyl carbamates (subject to hydrolysis) is 1. The van der Waals surface area contributed by atoms with Crippen molar-refractivity contribution in [2.24, 2.45) is 0 Å². The molecule has 1 fully saturated rings. The van der Waals surface area contributed by atoms with E-state index in [0.29, 0.717) is 12.3 Å². The number of anilines is 1. The maximum absolute atomic E-state index is 14.1. The van der Waals surface area contributed by atoms with Crippen LogP contribution in [0.25, 0.3) is 0 Å². The fourth-order valence-corrected chi connectivity index (χ4v) is 5.77. The highest BCUT2D eigenvalue weighted by Gasteiger charge is 2.33. The number of morpholine rings is 1. The molecule has 1 aliphatic heterocycles. The minimum atomic E-state index is -0.930. The lowest BCUT2D eigenvalue weighted by atomic mass is 9.84. The van der Waals surface area contributed by atoms with Crippen molar-refractivity contribution in [3.63, 3.8) is 0 Å². The summed E-state index contributed by atoms with van der Waals surface area (Å²) in [7, 11) is 1.30. The van der Waals surface area contributed by atoms with Crippen LogP contribution in [0.3, 0.4) is 0 Å². The van der Waals surface area contributed by atoms with Crippen LogP contribution in [0, 0.1) is 0 Å². The van der Waals surface area contributed by atoms with Crippen molar-refractivity contribution < 1.29 is 19.1 Å². The number of carbonyl (C=O) groups excluding carboxylic acids is 2. The Hall–Kier alpha value is -4.40. The van der Waals surface area contributed by atoms with E-state index < -0.39 is 18.1 Å². The summed E-state index contributed by atoms with van der Waals surface area (Å²) in [5.74, 6) is -0.771. The predicted molar refractivity (Wildman–Crippen MR) is 189 cm³/mol. The number of nitrogens with one attached hydrogen (secondary N) is 4. The third-order valence-electron chi connectivity index (χ3n) is 8.90. The van der Waals surface area contributed by atoms with Crippen LogP contribution in [0.15, 0.2) is 107 Å². The second-order valence-corrected chi connectivity index (χ2v) is 12.3. The van der Waals surface area contributed by atoms with Crippen molar-refractivity contribution in [2.75, 3.05) is 25.6 Å². The second-order valence-electron chi connectivity index (χ2n) is 12.3. The molecule has 250 valence electrons. The normalized spacial score (nSPS) is 17.3. The van der Waals surface area contributed by atoms with Crippen LogP contribution >= 0.6 is 0 Å². The van der Waals surface area contributed by atoms with Crippen molar-refractivity contribution >= 4 is 17.7 Å². The van der Waals surface area contributed by atoms with Gasteiger partial charge in [0.2, 0.25) is 5.91 Å². The van der Waals surface area contributed by atoms with E-state index in [0.717, 1.165) is 42.5 Å². The molecule has 3 atom stereocenters. The van der Waals surface area contributed by atoms with Crippen LogP contribution < -0.4 is 21.3 Å². The van der Waals surface area contributed by atoms with E-state index >= 15 is 0 Å². The quantitative estimate of drug-likeness (QED) is 0.160. The van der Waals surface area contributed by atoms with E-state index in [4.69, 9.17) is 9.47 Å². The smallest absolute Gasteiger partial charge is 0.407 e. The van der Waals surface area contributed by atoms with Crippen LogP contribution in [0.2, 0.25) is 0 Å². The highest BCUT2D eigenvalue weighted by Crippen LogP contribution is 2.30. The molecule has 0 aliphatic carbocycles. The Labute approximate surface area is 280 Å². The SMILES string of the molecule is CC/C(C)=C(/NC(C)=C(C)C)[C@@H]1CO[C@H](CCc2ccccc2NC(=O)C(NC(=O)OC)C(c2ccccc2)c2ccccc2)CN1. The van der Waals surface area contributed by atoms with Crippen molar-refractivity contribution in [1.82, 2.24) is 16.0 Å². The third-order valence-corrected chi connectivity index (χ3v) is 8.90. The lowest BCUT2D eigenvalue weighted by Crippen LogP contribution is -2.50. The van der Waals surface area contributed by atoms with E-state index in [1.165, 1.54) is 29.7 Å². The Morgan fingerprint density at radius 1 is 0.915 bits per heavy atom. The summed E-state index contributed by atoms with van der Waals surface area (Å²) in [4.78, 5) is 26.6. The number of benzene rings is 3. The first-order chi connectivity index (χ1) is 22.7. The van der Waals surface area contributed by atoms with E-state index in [1.54, 1.807) is 0 Å². The van der Waals surface area contributed by atoms with Gasteiger partial charge >= 0.3 is 6.09 Å². The summed E-state index contributed by atoms with van der Waals surface area (Å²) >= 11 is 0. The Morgan fingerprint density at radius 3 is 2.09 bits per heavy atom. The topological polar surface area (TPSA) is 101 Å². The molecule has 8 heteroatoms. The van der Waals surface area contributed by atoms with Gasteiger partial charge in [-0.25, -0.2) is 4.79 Å². The van der Waals surface area contributed by atoms with Gasteiger partial charge in [-0.05, 0) is 69.7 Å². The summed E-state index contributed by atoms with van der Waals surface area (Å²) in [6.45, 7) is 12.0. The molecular formula is C39H50N4O4. The number of amides is 2. The van der Waals surface area contributed by atoms with Crippen LogP contribution in [-0.2, 0) is 20.7 Å². The molecule has 1 heterocycles. The fourth-order valence-electron chi connectivity index (χ4n) is 5.77. The molecule has 2 amide bonds. The average Bonchev–Trinajstić information content (AvgIpc) is 3.10. The molecule has 0 radical (unpaired) electrons. The summed E-state index contributed by atoms with van der Waals surface area (Å²) in [6.07, 6.45) is 1.84. The Balaban J connectivity index is 1.47. The zero-order valence-corrected chi connectivity index (χ0v) is 28.6. The lowest BCUT2D eigenvalue weighted by Gasteiger charge is -2.33. The first-order valence-corrected chi connectivity index (χ1v) is 16.5. The number of allylic oxidation sites excluding steroid dienone is 3. The predicted octanol–water partition coefficient (Wildman–Crippen LogP) is 7.06. The molecule has 1 saturated heterocycles. The number of methoxy groups -OCH3 is 1. The maximum Gasteiger partial charge on any atom is 0.407 e. The number of hydrogen-bond donors (Lipinski definition) is 4. The fraction of sp³-hybridized carbons (Fsp3) is 0.385. The Bertz CT molecular complexity index is 1490. The molecule has 0 spiro atoms. The zero-order chi connectivity index (χ0) is 33.8. The minimum absolute atomic E-state index is 0.0389. The van der Waals surface area contributed by atoms with Gasteiger partial charge in [-0.1, -0.05) is 96.9 Å². The van der Waals surface area contributed by atoms with Crippen LogP contribution in [0.5, 0.6) is 0 Å². The van der Waals surface area contributed by atoms with Gasteiger partial charge in [0.25, 0.3) is 0 Å². The molecule has 4 N–H and O–H groups in total. The van der Waals surface area contributed by atoms with Crippen molar-refractivity contribution in [3.05, 3.63) is 124 Å². The van der Waals surface area contributed by atoms with Gasteiger partial charge < -0.3 is 30.7 Å². The highest BCUT2D eigenvalue weighted by molar-refractivity contribution is 5.98. The number of rotatable bonds is 13. The van der Waals surface area contributed by atoms with Crippen molar-refractivity contribution in [3.8, 4) is 0 Å². The van der Waals surface area contributed by atoms with Crippen LogP contribution in [0.4, 0.5) is 10.5 Å². The van der Waals surface area contributed by atoms with E-state index in [9.17, 15) is 9.59 Å². The summed E-state index contributed by atoms with van der Waals surface area (Å²) in [5.41, 5.74) is 8.45. The average molecular weight is 639 g/mol. The molecule has 1 aliphatic rings. The van der Waals surface area contributed by atoms with Crippen molar-refractivity contribution in [2.45, 2.75) is 78.0 Å². The molecule has 3 aromatic carbocycles. The summed E-state index contributed by atoms with van der Waals surface area (Å²) in [5, 5.41) is 13.3. The first-order valence-electron chi connectivity index (χ1n) is 16.5. The molecule has 1 unspecified atom stereocenters. The van der Waals surface area contributed by atoms with Gasteiger partial charge in [-0.15, -0.1) is 0 Å². The standard InChI is InChI=1S/C39H50N4O4/c1-7-27(4)36(41-28(5)26(2)3)34-25-47-32(24-40-34)23-22-29-16-14-15-21-33(29)42-38(44)37(43-39(45)46-6)35(30-17-10-8-11-18-30)31-19-12-9-13-20-31/h8-21,32,34-35,37,40-41H,7,22-25H2,1-6H3,(H,42,44)(H,43,45)/b36-27+/t32-,34+,37?/m1/s1. The van der Waals surface area contributed by atoms with Gasteiger partial charge in [0.1, 0.15) is 6.04 Å². The number of hydrogen-bond acceptors (Lipinski definition) is 6. The van der Waals surface area contributed by atoms with E-state index in [1.807, 2.05) is 84.9 Å². The zero-order valence-electron chi connectivity index (χ0n) is 28.6. The molecule has 8 nitrogen and oxygen atoms in total. The van der Waals surface area contributed by atoms with Gasteiger partial charge in [0, 0.05) is 29.5 Å². The molecule has 0 aromatic heterocycles. The number of para-hydroxylation sites is 1. The molecule has 0 bridgehead atoms. The minimum Gasteiger partial charge on any atom is -0.453 e. The lowest BCUT2D eigenvalue weighted by molar-refractivity contribution is -0.118. The number of ether oxygens (including phenoxy) is 2. The first kappa shape index (κ1) is 35.5. The van der Waals surface area contributed by atoms with Gasteiger partial charge in [-0.3, -0.25) is 4.79 Å². The van der Waals surface area contributed by atoms with Crippen LogP contribution in [-0.4, -0.2) is 50.4 Å². The summed E-state index contributed by atoms with van der Waals surface area (Å²) < 4.78 is 11.3. The largest absolute Gasteiger partial charge is 0.453 e. The number of carbonyl (C=O) groups is 2. The monoisotopic (exact) mass is 638 g/mol. The van der Waals surface area contributed by atoms with E-state index in [2.05, 4.69) is 55.9 Å². The number of aryl methyl sites for hydroxylation is 1. The van der Waals surface area contributed by atoms with Crippen LogP contribution in [0.1, 0.15) is 70.1 Å². The van der Waals surface area contributed by atoms with Gasteiger partial charge in [-0.2, -0.15) is 0 Å². The Kier molecular flexibility index (Phi) is 13.2. The van der Waals surface area contributed by atoms with Gasteiger partial charge in [0.15, 0.2) is 0 Å². The summed E-state index contributed by atoms with van der Waals surface area (Å²) in [6, 6.07) is 26.4. The highest BCUT2D eigenvalue weighted by atomic mass is 16.5. The molecular weight excluding hydrogens is 588 g/mol. The Morgan fingerprint density at radius 2 is 1.53 bits per heavy atom. The molecule has 3 aromatic rings. The molecule has 47 heavy (non-hydrogen) atoms. The van der Waals surface area contributed by atoms with Crippen molar-refractivity contribution in [1.29, 1.82) is 0 Å². The third kappa shape index (κ3) is 9.80.